The van der Waals surface area contributed by atoms with Crippen LogP contribution in [0.1, 0.15) is 37.1 Å². The van der Waals surface area contributed by atoms with E-state index < -0.39 is 0 Å². The molecule has 1 unspecified atom stereocenters. The van der Waals surface area contributed by atoms with Gasteiger partial charge in [0, 0.05) is 16.6 Å². The maximum Gasteiger partial charge on any atom is 0.0991 e. The molecule has 5 heteroatoms. The SMILES string of the molecule is CC(N[C@H](C)c1ccccc1Br)c1cc(Cl)sc1Cl. The Labute approximate surface area is 136 Å². The fourth-order valence-electron chi connectivity index (χ4n) is 2.03. The number of thiophene rings is 1. The van der Waals surface area contributed by atoms with Crippen molar-refractivity contribution in [3.05, 3.63) is 54.6 Å². The second kappa shape index (κ2) is 6.59. The van der Waals surface area contributed by atoms with Gasteiger partial charge >= 0.3 is 0 Å². The molecule has 0 bridgehead atoms. The molecule has 1 N–H and O–H groups in total. The summed E-state index contributed by atoms with van der Waals surface area (Å²) >= 11 is 17.2. The highest BCUT2D eigenvalue weighted by Crippen LogP contribution is 2.36. The summed E-state index contributed by atoms with van der Waals surface area (Å²) in [4.78, 5) is 0. The van der Waals surface area contributed by atoms with Crippen molar-refractivity contribution in [3.63, 3.8) is 0 Å². The van der Waals surface area contributed by atoms with Crippen LogP contribution in [0.4, 0.5) is 0 Å². The molecular weight excluding hydrogens is 365 g/mol. The zero-order valence-electron chi connectivity index (χ0n) is 10.6. The Morgan fingerprint density at radius 3 is 2.32 bits per heavy atom. The van der Waals surface area contributed by atoms with Crippen LogP contribution in [-0.4, -0.2) is 0 Å². The molecule has 2 aromatic rings. The highest BCUT2D eigenvalue weighted by atomic mass is 79.9. The van der Waals surface area contributed by atoms with Crippen molar-refractivity contribution in [3.8, 4) is 0 Å². The third kappa shape index (κ3) is 3.73. The van der Waals surface area contributed by atoms with Crippen LogP contribution in [0.15, 0.2) is 34.8 Å². The van der Waals surface area contributed by atoms with Gasteiger partial charge in [-0.3, -0.25) is 0 Å². The van der Waals surface area contributed by atoms with Gasteiger partial charge < -0.3 is 5.32 Å². The highest BCUT2D eigenvalue weighted by molar-refractivity contribution is 9.10. The molecule has 0 aliphatic rings. The number of rotatable bonds is 4. The summed E-state index contributed by atoms with van der Waals surface area (Å²) < 4.78 is 2.59. The summed E-state index contributed by atoms with van der Waals surface area (Å²) in [6.45, 7) is 4.23. The molecular formula is C14H14BrCl2NS. The molecule has 0 fully saturated rings. The van der Waals surface area contributed by atoms with Gasteiger partial charge in [-0.15, -0.1) is 11.3 Å². The molecule has 2 atom stereocenters. The fraction of sp³-hybridized carbons (Fsp3) is 0.286. The van der Waals surface area contributed by atoms with Gasteiger partial charge in [-0.25, -0.2) is 0 Å². The van der Waals surface area contributed by atoms with Crippen LogP contribution in [0.5, 0.6) is 0 Å². The number of hydrogen-bond donors (Lipinski definition) is 1. The van der Waals surface area contributed by atoms with E-state index >= 15 is 0 Å². The molecule has 0 spiro atoms. The fourth-order valence-corrected chi connectivity index (χ4v) is 4.30. The van der Waals surface area contributed by atoms with Crippen molar-refractivity contribution in [2.75, 3.05) is 0 Å². The molecule has 0 radical (unpaired) electrons. The van der Waals surface area contributed by atoms with Crippen molar-refractivity contribution >= 4 is 50.5 Å². The summed E-state index contributed by atoms with van der Waals surface area (Å²) in [5.41, 5.74) is 2.28. The highest BCUT2D eigenvalue weighted by Gasteiger charge is 2.17. The summed E-state index contributed by atoms with van der Waals surface area (Å²) in [6.07, 6.45) is 0. The van der Waals surface area contributed by atoms with Gasteiger partial charge in [-0.2, -0.15) is 0 Å². The number of halogens is 3. The Hall–Kier alpha value is -0.0600. The van der Waals surface area contributed by atoms with Crippen molar-refractivity contribution in [1.82, 2.24) is 5.32 Å². The van der Waals surface area contributed by atoms with Crippen molar-refractivity contribution in [2.45, 2.75) is 25.9 Å². The normalized spacial score (nSPS) is 14.4. The molecule has 19 heavy (non-hydrogen) atoms. The van der Waals surface area contributed by atoms with E-state index in [2.05, 4.69) is 41.2 Å². The molecule has 1 heterocycles. The molecule has 0 amide bonds. The Kier molecular flexibility index (Phi) is 5.32. The minimum absolute atomic E-state index is 0.151. The smallest absolute Gasteiger partial charge is 0.0991 e. The van der Waals surface area contributed by atoms with Crippen molar-refractivity contribution < 1.29 is 0 Å². The Bertz CT molecular complexity index is 570. The first-order chi connectivity index (χ1) is 8.99. The van der Waals surface area contributed by atoms with Gasteiger partial charge in [0.2, 0.25) is 0 Å². The quantitative estimate of drug-likeness (QED) is 0.664. The molecule has 102 valence electrons. The second-order valence-electron chi connectivity index (χ2n) is 4.41. The molecule has 1 aromatic heterocycles. The van der Waals surface area contributed by atoms with Gasteiger partial charge in [0.05, 0.1) is 8.67 Å². The molecule has 1 nitrogen and oxygen atoms in total. The minimum Gasteiger partial charge on any atom is -0.304 e. The lowest BCUT2D eigenvalue weighted by Crippen LogP contribution is -2.22. The zero-order valence-corrected chi connectivity index (χ0v) is 14.5. The molecule has 0 aliphatic carbocycles. The first-order valence-electron chi connectivity index (χ1n) is 5.94. The Morgan fingerprint density at radius 1 is 1.11 bits per heavy atom. The van der Waals surface area contributed by atoms with Gasteiger partial charge in [-0.1, -0.05) is 57.3 Å². The Morgan fingerprint density at radius 2 is 1.74 bits per heavy atom. The summed E-state index contributed by atoms with van der Waals surface area (Å²) in [7, 11) is 0. The van der Waals surface area contributed by atoms with E-state index in [1.165, 1.54) is 16.9 Å². The van der Waals surface area contributed by atoms with Crippen molar-refractivity contribution in [1.29, 1.82) is 0 Å². The van der Waals surface area contributed by atoms with Gasteiger partial charge in [0.25, 0.3) is 0 Å². The third-order valence-electron chi connectivity index (χ3n) is 3.02. The average molecular weight is 379 g/mol. The second-order valence-corrected chi connectivity index (χ2v) is 7.55. The van der Waals surface area contributed by atoms with E-state index in [4.69, 9.17) is 23.2 Å². The lowest BCUT2D eigenvalue weighted by molar-refractivity contribution is 0.494. The molecule has 0 saturated carbocycles. The largest absolute Gasteiger partial charge is 0.304 e. The van der Waals surface area contributed by atoms with Crippen LogP contribution in [-0.2, 0) is 0 Å². The van der Waals surface area contributed by atoms with E-state index in [9.17, 15) is 0 Å². The van der Waals surface area contributed by atoms with E-state index in [-0.39, 0.29) is 12.1 Å². The first kappa shape index (κ1) is 15.3. The third-order valence-corrected chi connectivity index (χ3v) is 5.26. The Balaban J connectivity index is 2.13. The standard InChI is InChI=1S/C14H14BrCl2NS/c1-8(10-5-3-4-6-12(10)15)18-9(2)11-7-13(16)19-14(11)17/h3-9,18H,1-2H3/t8-,9?/m1/s1. The van der Waals surface area contributed by atoms with Crippen LogP contribution in [0.25, 0.3) is 0 Å². The van der Waals surface area contributed by atoms with Gasteiger partial charge in [-0.05, 0) is 37.1 Å². The monoisotopic (exact) mass is 377 g/mol. The van der Waals surface area contributed by atoms with Crippen LogP contribution in [0.2, 0.25) is 8.67 Å². The van der Waals surface area contributed by atoms with Crippen molar-refractivity contribution in [2.24, 2.45) is 0 Å². The zero-order chi connectivity index (χ0) is 14.0. The van der Waals surface area contributed by atoms with E-state index in [1.54, 1.807) is 0 Å². The van der Waals surface area contributed by atoms with Crippen LogP contribution in [0.3, 0.4) is 0 Å². The minimum atomic E-state index is 0.151. The lowest BCUT2D eigenvalue weighted by Gasteiger charge is -2.21. The van der Waals surface area contributed by atoms with Crippen LogP contribution < -0.4 is 5.32 Å². The first-order valence-corrected chi connectivity index (χ1v) is 8.30. The number of nitrogens with one attached hydrogen (secondary N) is 1. The topological polar surface area (TPSA) is 12.0 Å². The number of hydrogen-bond acceptors (Lipinski definition) is 2. The van der Waals surface area contributed by atoms with Crippen LogP contribution in [0, 0.1) is 0 Å². The van der Waals surface area contributed by atoms with Gasteiger partial charge in [0.15, 0.2) is 0 Å². The predicted molar refractivity (Wildman–Crippen MR) is 88.4 cm³/mol. The summed E-state index contributed by atoms with van der Waals surface area (Å²) in [5, 5.41) is 3.54. The van der Waals surface area contributed by atoms with Gasteiger partial charge in [0.1, 0.15) is 0 Å². The average Bonchev–Trinajstić information content (AvgIpc) is 2.69. The molecule has 2 rings (SSSR count). The van der Waals surface area contributed by atoms with E-state index in [0.29, 0.717) is 0 Å². The molecule has 0 saturated heterocycles. The predicted octanol–water partition coefficient (Wildman–Crippen LogP) is 6.23. The lowest BCUT2D eigenvalue weighted by atomic mass is 10.1. The van der Waals surface area contributed by atoms with E-state index in [1.807, 2.05) is 24.3 Å². The summed E-state index contributed by atoms with van der Waals surface area (Å²) in [6, 6.07) is 10.5. The maximum absolute atomic E-state index is 6.19. The summed E-state index contributed by atoms with van der Waals surface area (Å²) in [5.74, 6) is 0. The van der Waals surface area contributed by atoms with Crippen LogP contribution >= 0.6 is 50.5 Å². The maximum atomic E-state index is 6.19. The molecule has 0 aliphatic heterocycles. The number of benzene rings is 1. The van der Waals surface area contributed by atoms with E-state index in [0.717, 1.165) is 18.7 Å². The molecule has 1 aromatic carbocycles.